The predicted molar refractivity (Wildman–Crippen MR) is 77.3 cm³/mol. The third kappa shape index (κ3) is 2.92. The van der Waals surface area contributed by atoms with Gasteiger partial charge in [0, 0.05) is 24.4 Å². The number of anilines is 1. The molecule has 7 nitrogen and oxygen atoms in total. The molecule has 0 spiro atoms. The molecule has 1 aromatic rings. The average Bonchev–Trinajstić information content (AvgIpc) is 2.66. The van der Waals surface area contributed by atoms with Crippen LogP contribution in [0.2, 0.25) is 0 Å². The maximum absolute atomic E-state index is 12.1. The molecule has 1 aromatic heterocycles. The Bertz CT molecular complexity index is 564. The molecule has 3 N–H and O–H groups in total. The van der Waals surface area contributed by atoms with Gasteiger partial charge in [-0.15, -0.1) is 0 Å². The van der Waals surface area contributed by atoms with Crippen molar-refractivity contribution in [1.82, 2.24) is 20.4 Å². The van der Waals surface area contributed by atoms with Gasteiger partial charge in [-0.2, -0.15) is 5.10 Å². The van der Waals surface area contributed by atoms with Crippen LogP contribution in [0.3, 0.4) is 0 Å². The van der Waals surface area contributed by atoms with E-state index in [4.69, 9.17) is 0 Å². The molecule has 2 aliphatic rings. The Morgan fingerprint density at radius 3 is 2.86 bits per heavy atom. The molecule has 1 saturated heterocycles. The molecular formula is C14H21N5O2. The van der Waals surface area contributed by atoms with E-state index in [9.17, 15) is 9.59 Å². The van der Waals surface area contributed by atoms with Gasteiger partial charge in [0.25, 0.3) is 0 Å². The van der Waals surface area contributed by atoms with E-state index < -0.39 is 6.29 Å². The minimum atomic E-state index is -0.424. The summed E-state index contributed by atoms with van der Waals surface area (Å²) in [5, 5.41) is 13.4. The summed E-state index contributed by atoms with van der Waals surface area (Å²) in [6, 6.07) is 1.90. The van der Waals surface area contributed by atoms with E-state index >= 15 is 0 Å². The first-order valence-electron chi connectivity index (χ1n) is 7.45. The van der Waals surface area contributed by atoms with Gasteiger partial charge >= 0.3 is 0 Å². The molecule has 2 atom stereocenters. The number of hydrogen-bond donors (Lipinski definition) is 3. The summed E-state index contributed by atoms with van der Waals surface area (Å²) in [4.78, 5) is 23.8. The van der Waals surface area contributed by atoms with Gasteiger partial charge < -0.3 is 10.6 Å². The van der Waals surface area contributed by atoms with Gasteiger partial charge in [0.15, 0.2) is 6.29 Å². The molecule has 1 aliphatic carbocycles. The van der Waals surface area contributed by atoms with Crippen molar-refractivity contribution in [2.75, 3.05) is 5.32 Å². The first-order valence-corrected chi connectivity index (χ1v) is 7.45. The van der Waals surface area contributed by atoms with E-state index in [-0.39, 0.29) is 23.8 Å². The van der Waals surface area contributed by atoms with Crippen LogP contribution in [0.25, 0.3) is 0 Å². The number of nitrogens with one attached hydrogen (secondary N) is 3. The van der Waals surface area contributed by atoms with Crippen molar-refractivity contribution in [1.29, 1.82) is 0 Å². The van der Waals surface area contributed by atoms with E-state index in [0.29, 0.717) is 12.2 Å². The normalized spacial score (nSPS) is 26.1. The molecule has 2 fully saturated rings. The Kier molecular flexibility index (Phi) is 3.67. The minimum Gasteiger partial charge on any atom is -0.322 e. The molecule has 2 amide bonds. The van der Waals surface area contributed by atoms with Crippen LogP contribution in [-0.2, 0) is 9.59 Å². The van der Waals surface area contributed by atoms with Crippen LogP contribution in [0.5, 0.6) is 0 Å². The number of nitrogens with zero attached hydrogens (tertiary/aromatic N) is 2. The first-order chi connectivity index (χ1) is 10.0. The van der Waals surface area contributed by atoms with Gasteiger partial charge in [-0.25, -0.2) is 4.68 Å². The van der Waals surface area contributed by atoms with E-state index in [0.717, 1.165) is 25.0 Å². The summed E-state index contributed by atoms with van der Waals surface area (Å²) in [6.07, 6.45) is 3.05. The Balaban J connectivity index is 1.78. The number of rotatable bonds is 3. The lowest BCUT2D eigenvalue weighted by Gasteiger charge is -2.31. The zero-order valence-electron chi connectivity index (χ0n) is 12.3. The number of aromatic nitrogens is 2. The Morgan fingerprint density at radius 2 is 2.24 bits per heavy atom. The van der Waals surface area contributed by atoms with Crippen molar-refractivity contribution in [3.05, 3.63) is 11.8 Å². The van der Waals surface area contributed by atoms with Crippen molar-refractivity contribution in [3.8, 4) is 0 Å². The number of hydrogen-bond acceptors (Lipinski definition) is 4. The van der Waals surface area contributed by atoms with Crippen LogP contribution in [-0.4, -0.2) is 27.6 Å². The van der Waals surface area contributed by atoms with E-state index in [1.807, 2.05) is 19.9 Å². The number of carbonyl (C=O) groups excluding carboxylic acids is 2. The largest absolute Gasteiger partial charge is 0.322 e. The molecule has 2 unspecified atom stereocenters. The minimum absolute atomic E-state index is 0.0179. The molecule has 3 rings (SSSR count). The summed E-state index contributed by atoms with van der Waals surface area (Å²) in [5.41, 5.74) is 0.799. The molecule has 2 heterocycles. The van der Waals surface area contributed by atoms with E-state index in [2.05, 4.69) is 21.0 Å². The monoisotopic (exact) mass is 291 g/mol. The van der Waals surface area contributed by atoms with Crippen molar-refractivity contribution >= 4 is 17.6 Å². The highest BCUT2D eigenvalue weighted by atomic mass is 16.2. The quantitative estimate of drug-likeness (QED) is 0.771. The standard InChI is InChI=1S/C14H21N5O2/c1-8-7-12(20)17-14(15-8)19-11(6-9(2)18-19)16-13(21)10-4-3-5-10/h6,8,10,14-15H,3-5,7H2,1-2H3,(H,16,21)(H,17,20). The highest BCUT2D eigenvalue weighted by Gasteiger charge is 2.29. The lowest BCUT2D eigenvalue weighted by molar-refractivity contribution is -0.125. The molecule has 21 heavy (non-hydrogen) atoms. The topological polar surface area (TPSA) is 88.0 Å². The fourth-order valence-corrected chi connectivity index (χ4v) is 2.70. The second kappa shape index (κ2) is 5.48. The SMILES string of the molecule is Cc1cc(NC(=O)C2CCC2)n(C2NC(=O)CC(C)N2)n1. The summed E-state index contributed by atoms with van der Waals surface area (Å²) in [6.45, 7) is 3.82. The molecule has 0 aromatic carbocycles. The zero-order valence-corrected chi connectivity index (χ0v) is 12.3. The van der Waals surface area contributed by atoms with Gasteiger partial charge in [-0.3, -0.25) is 14.9 Å². The molecule has 1 saturated carbocycles. The fraction of sp³-hybridized carbons (Fsp3) is 0.643. The lowest BCUT2D eigenvalue weighted by Crippen LogP contribution is -2.52. The summed E-state index contributed by atoms with van der Waals surface area (Å²) in [7, 11) is 0. The van der Waals surface area contributed by atoms with E-state index in [1.54, 1.807) is 4.68 Å². The van der Waals surface area contributed by atoms with Gasteiger partial charge in [0.05, 0.1) is 5.69 Å². The van der Waals surface area contributed by atoms with Gasteiger partial charge in [-0.1, -0.05) is 6.42 Å². The first kappa shape index (κ1) is 14.1. The molecule has 1 aliphatic heterocycles. The van der Waals surface area contributed by atoms with Gasteiger partial charge in [0.2, 0.25) is 11.8 Å². The second-order valence-electron chi connectivity index (χ2n) is 5.97. The zero-order chi connectivity index (χ0) is 15.0. The molecule has 0 bridgehead atoms. The van der Waals surface area contributed by atoms with Crippen molar-refractivity contribution < 1.29 is 9.59 Å². The van der Waals surface area contributed by atoms with Crippen molar-refractivity contribution in [2.45, 2.75) is 51.9 Å². The van der Waals surface area contributed by atoms with Gasteiger partial charge in [-0.05, 0) is 26.7 Å². The maximum atomic E-state index is 12.1. The van der Waals surface area contributed by atoms with E-state index in [1.165, 1.54) is 0 Å². The smallest absolute Gasteiger partial charge is 0.228 e. The van der Waals surface area contributed by atoms with Crippen LogP contribution < -0.4 is 16.0 Å². The van der Waals surface area contributed by atoms with Crippen molar-refractivity contribution in [3.63, 3.8) is 0 Å². The lowest BCUT2D eigenvalue weighted by atomic mass is 9.85. The number of carbonyl (C=O) groups is 2. The highest BCUT2D eigenvalue weighted by Crippen LogP contribution is 2.28. The average molecular weight is 291 g/mol. The van der Waals surface area contributed by atoms with Crippen LogP contribution in [0, 0.1) is 12.8 Å². The summed E-state index contributed by atoms with van der Waals surface area (Å²) in [5.74, 6) is 0.756. The molecule has 7 heteroatoms. The van der Waals surface area contributed by atoms with Crippen molar-refractivity contribution in [2.24, 2.45) is 5.92 Å². The third-order valence-corrected chi connectivity index (χ3v) is 4.06. The van der Waals surface area contributed by atoms with Crippen LogP contribution in [0.4, 0.5) is 5.82 Å². The fourth-order valence-electron chi connectivity index (χ4n) is 2.70. The maximum Gasteiger partial charge on any atom is 0.228 e. The third-order valence-electron chi connectivity index (χ3n) is 4.06. The molecule has 0 radical (unpaired) electrons. The summed E-state index contributed by atoms with van der Waals surface area (Å²) < 4.78 is 1.64. The Labute approximate surface area is 123 Å². The van der Waals surface area contributed by atoms with Crippen LogP contribution >= 0.6 is 0 Å². The second-order valence-corrected chi connectivity index (χ2v) is 5.97. The van der Waals surface area contributed by atoms with Crippen LogP contribution in [0.1, 0.15) is 44.6 Å². The summed E-state index contributed by atoms with van der Waals surface area (Å²) >= 11 is 0. The molecule has 114 valence electrons. The Morgan fingerprint density at radius 1 is 1.48 bits per heavy atom. The predicted octanol–water partition coefficient (Wildman–Crippen LogP) is 0.884. The van der Waals surface area contributed by atoms with Crippen LogP contribution in [0.15, 0.2) is 6.07 Å². The highest BCUT2D eigenvalue weighted by molar-refractivity contribution is 5.92. The molecular weight excluding hydrogens is 270 g/mol. The number of aryl methyl sites for hydroxylation is 1. The van der Waals surface area contributed by atoms with Gasteiger partial charge in [0.1, 0.15) is 5.82 Å². The number of amides is 2. The Hall–Kier alpha value is -1.89.